The number of benzene rings is 4. The molecule has 196 valence electrons. The molecule has 1 atom stereocenters. The molecule has 6 heteroatoms. The van der Waals surface area contributed by atoms with Crippen LogP contribution in [0.15, 0.2) is 84.9 Å². The molecule has 0 fully saturated rings. The Morgan fingerprint density at radius 2 is 1.23 bits per heavy atom. The third kappa shape index (κ3) is 5.32. The molecule has 0 saturated heterocycles. The van der Waals surface area contributed by atoms with Crippen molar-refractivity contribution in [3.05, 3.63) is 118 Å². The van der Waals surface area contributed by atoms with Crippen LogP contribution in [0.25, 0.3) is 0 Å². The first-order valence-corrected chi connectivity index (χ1v) is 13.1. The van der Waals surface area contributed by atoms with Gasteiger partial charge in [-0.1, -0.05) is 67.9 Å². The van der Waals surface area contributed by atoms with Gasteiger partial charge < -0.3 is 15.4 Å². The molecule has 0 amide bonds. The van der Waals surface area contributed by atoms with Crippen molar-refractivity contribution < 1.29 is 19.1 Å². The summed E-state index contributed by atoms with van der Waals surface area (Å²) in [7, 11) is 0. The van der Waals surface area contributed by atoms with Crippen LogP contribution in [0.4, 0.5) is 22.7 Å². The van der Waals surface area contributed by atoms with E-state index in [9.17, 15) is 14.4 Å². The van der Waals surface area contributed by atoms with Crippen molar-refractivity contribution in [2.45, 2.75) is 33.8 Å². The number of carbonyl (C=O) groups is 3. The van der Waals surface area contributed by atoms with Gasteiger partial charge >= 0.3 is 5.97 Å². The Labute approximate surface area is 228 Å². The molecular formula is C33H30N2O4. The predicted octanol–water partition coefficient (Wildman–Crippen LogP) is 7.35. The molecule has 4 aromatic carbocycles. The van der Waals surface area contributed by atoms with E-state index in [4.69, 9.17) is 4.74 Å². The lowest BCUT2D eigenvalue weighted by Gasteiger charge is -2.24. The number of nitrogens with one attached hydrogen (secondary N) is 2. The van der Waals surface area contributed by atoms with Gasteiger partial charge in [0.2, 0.25) is 0 Å². The molecule has 0 heterocycles. The van der Waals surface area contributed by atoms with Gasteiger partial charge in [-0.15, -0.1) is 0 Å². The highest BCUT2D eigenvalue weighted by Crippen LogP contribution is 2.38. The second-order valence-corrected chi connectivity index (χ2v) is 9.84. The van der Waals surface area contributed by atoms with Crippen molar-refractivity contribution in [2.24, 2.45) is 5.92 Å². The zero-order chi connectivity index (χ0) is 27.5. The third-order valence-electron chi connectivity index (χ3n) is 7.04. The zero-order valence-corrected chi connectivity index (χ0v) is 22.2. The van der Waals surface area contributed by atoms with Crippen LogP contribution in [-0.4, -0.2) is 17.5 Å². The molecule has 0 saturated carbocycles. The maximum Gasteiger partial charge on any atom is 0.308 e. The number of aryl methyl sites for hydroxylation is 1. The van der Waals surface area contributed by atoms with Crippen LogP contribution in [0.3, 0.4) is 0 Å². The quantitative estimate of drug-likeness (QED) is 0.209. The van der Waals surface area contributed by atoms with Gasteiger partial charge in [-0.25, -0.2) is 0 Å². The monoisotopic (exact) mass is 518 g/mol. The Bertz CT molecular complexity index is 1560. The van der Waals surface area contributed by atoms with Gasteiger partial charge in [0.25, 0.3) is 0 Å². The molecule has 0 aromatic heterocycles. The number of fused-ring (bicyclic) bond motifs is 2. The highest BCUT2D eigenvalue weighted by Gasteiger charge is 2.34. The second kappa shape index (κ2) is 11.0. The van der Waals surface area contributed by atoms with Crippen molar-refractivity contribution in [1.82, 2.24) is 0 Å². The van der Waals surface area contributed by atoms with E-state index in [1.165, 1.54) is 0 Å². The topological polar surface area (TPSA) is 84.5 Å². The summed E-state index contributed by atoms with van der Waals surface area (Å²) in [6.07, 6.45) is 0.733. The minimum atomic E-state index is -0.214. The van der Waals surface area contributed by atoms with Crippen LogP contribution in [0.5, 0.6) is 0 Å². The first-order chi connectivity index (χ1) is 18.9. The minimum Gasteiger partial charge on any atom is -0.461 e. The molecule has 0 bridgehead atoms. The summed E-state index contributed by atoms with van der Waals surface area (Å²) in [5.74, 6) is -0.749. The van der Waals surface area contributed by atoms with Gasteiger partial charge in [0.15, 0.2) is 11.6 Å². The summed E-state index contributed by atoms with van der Waals surface area (Å²) >= 11 is 0. The van der Waals surface area contributed by atoms with Crippen LogP contribution in [0, 0.1) is 12.8 Å². The summed E-state index contributed by atoms with van der Waals surface area (Å²) in [5, 5.41) is 6.66. The first-order valence-electron chi connectivity index (χ1n) is 13.1. The summed E-state index contributed by atoms with van der Waals surface area (Å²) in [6.45, 7) is 6.01. The molecule has 2 N–H and O–H groups in total. The van der Waals surface area contributed by atoms with Crippen molar-refractivity contribution in [3.8, 4) is 0 Å². The van der Waals surface area contributed by atoms with Crippen molar-refractivity contribution in [1.29, 1.82) is 0 Å². The fraction of sp³-hybridized carbons (Fsp3) is 0.182. The van der Waals surface area contributed by atoms with E-state index in [-0.39, 0.29) is 30.1 Å². The van der Waals surface area contributed by atoms with Gasteiger partial charge in [0.1, 0.15) is 6.61 Å². The average Bonchev–Trinajstić information content (AvgIpc) is 2.96. The Morgan fingerprint density at radius 3 is 1.72 bits per heavy atom. The highest BCUT2D eigenvalue weighted by atomic mass is 16.5. The molecule has 6 nitrogen and oxygen atoms in total. The summed E-state index contributed by atoms with van der Waals surface area (Å²) in [4.78, 5) is 39.4. The molecule has 39 heavy (non-hydrogen) atoms. The molecule has 1 aliphatic rings. The largest absolute Gasteiger partial charge is 0.461 e. The number of anilines is 4. The van der Waals surface area contributed by atoms with Crippen molar-refractivity contribution in [2.75, 3.05) is 10.6 Å². The Hall–Kier alpha value is -4.71. The van der Waals surface area contributed by atoms with E-state index in [1.54, 1.807) is 24.3 Å². The van der Waals surface area contributed by atoms with Crippen LogP contribution >= 0.6 is 0 Å². The van der Waals surface area contributed by atoms with E-state index >= 15 is 0 Å². The van der Waals surface area contributed by atoms with E-state index < -0.39 is 0 Å². The molecule has 0 aliphatic heterocycles. The predicted molar refractivity (Wildman–Crippen MR) is 153 cm³/mol. The summed E-state index contributed by atoms with van der Waals surface area (Å²) in [6, 6.07) is 25.9. The van der Waals surface area contributed by atoms with Gasteiger partial charge in [0.05, 0.1) is 28.4 Å². The number of ether oxygens (including phenoxy) is 1. The van der Waals surface area contributed by atoms with Crippen LogP contribution in [0.2, 0.25) is 0 Å². The van der Waals surface area contributed by atoms with Crippen molar-refractivity contribution >= 4 is 40.3 Å². The fourth-order valence-corrected chi connectivity index (χ4v) is 4.53. The van der Waals surface area contributed by atoms with E-state index in [2.05, 4.69) is 10.6 Å². The number of hydrogen-bond donors (Lipinski definition) is 2. The molecule has 0 radical (unpaired) electrons. The molecular weight excluding hydrogens is 488 g/mol. The number of esters is 1. The van der Waals surface area contributed by atoms with Gasteiger partial charge in [-0.2, -0.15) is 0 Å². The lowest BCUT2D eigenvalue weighted by atomic mass is 9.82. The maximum atomic E-state index is 13.7. The van der Waals surface area contributed by atoms with E-state index in [1.807, 2.05) is 81.4 Å². The van der Waals surface area contributed by atoms with Crippen molar-refractivity contribution in [3.63, 3.8) is 0 Å². The average molecular weight is 519 g/mol. The lowest BCUT2D eigenvalue weighted by molar-refractivity contribution is -0.149. The Morgan fingerprint density at radius 1 is 0.744 bits per heavy atom. The van der Waals surface area contributed by atoms with E-state index in [0.29, 0.717) is 33.6 Å². The Kier molecular flexibility index (Phi) is 7.28. The molecule has 0 spiro atoms. The highest BCUT2D eigenvalue weighted by molar-refractivity contribution is 6.32. The summed E-state index contributed by atoms with van der Waals surface area (Å²) in [5.41, 5.74) is 6.15. The number of carbonyl (C=O) groups excluding carboxylic acids is 3. The second-order valence-electron chi connectivity index (χ2n) is 9.84. The van der Waals surface area contributed by atoms with E-state index in [0.717, 1.165) is 28.9 Å². The maximum absolute atomic E-state index is 13.7. The van der Waals surface area contributed by atoms with Crippen LogP contribution in [0.1, 0.15) is 63.2 Å². The fourth-order valence-electron chi connectivity index (χ4n) is 4.53. The first kappa shape index (κ1) is 25.9. The molecule has 1 unspecified atom stereocenters. The van der Waals surface area contributed by atoms with Gasteiger partial charge in [-0.3, -0.25) is 14.4 Å². The molecule has 4 aromatic rings. The van der Waals surface area contributed by atoms with Gasteiger partial charge in [0, 0.05) is 22.5 Å². The van der Waals surface area contributed by atoms with Gasteiger partial charge in [-0.05, 0) is 55.3 Å². The molecule has 1 aliphatic carbocycles. The Balaban J connectivity index is 1.46. The number of hydrogen-bond acceptors (Lipinski definition) is 6. The minimum absolute atomic E-state index is 0.133. The number of ketones is 2. The zero-order valence-electron chi connectivity index (χ0n) is 22.2. The summed E-state index contributed by atoms with van der Waals surface area (Å²) < 4.78 is 5.39. The molecule has 5 rings (SSSR count). The normalized spacial score (nSPS) is 12.8. The SMILES string of the molecule is CCC(C)C(=O)OCc1ccc(Nc2ccc(Nc3ccc(C)cc3)c3c2C(=O)c2ccccc2C3=O)cc1. The lowest BCUT2D eigenvalue weighted by Crippen LogP contribution is -2.23. The standard InChI is InChI=1S/C33H30N2O4/c1-4-21(3)33(38)39-19-22-11-15-24(16-12-22)35-28-18-17-27(34-23-13-9-20(2)10-14-23)29-30(28)32(37)26-8-6-5-7-25(26)31(29)36/h5-18,21,34-35H,4,19H2,1-3H3. The number of rotatable bonds is 8. The van der Waals surface area contributed by atoms with Crippen LogP contribution < -0.4 is 10.6 Å². The third-order valence-corrected chi connectivity index (χ3v) is 7.04. The smallest absolute Gasteiger partial charge is 0.308 e. The van der Waals surface area contributed by atoms with Crippen LogP contribution in [-0.2, 0) is 16.1 Å².